The molecule has 0 unspecified atom stereocenters. The van der Waals surface area contributed by atoms with Gasteiger partial charge in [0.1, 0.15) is 0 Å². The normalized spacial score (nSPS) is 11.1. The zero-order valence-corrected chi connectivity index (χ0v) is 18.5. The minimum absolute atomic E-state index is 0.247. The van der Waals surface area contributed by atoms with Crippen molar-refractivity contribution in [1.82, 2.24) is 14.3 Å². The second-order valence-electron chi connectivity index (χ2n) is 8.21. The first-order valence-corrected chi connectivity index (χ1v) is 10.8. The van der Waals surface area contributed by atoms with Crippen LogP contribution in [0.15, 0.2) is 85.1 Å². The van der Waals surface area contributed by atoms with Gasteiger partial charge in [-0.2, -0.15) is 5.10 Å². The molecule has 3 aromatic carbocycles. The Kier molecular flexibility index (Phi) is 5.22. The molecule has 168 valence electrons. The first kappa shape index (κ1) is 21.2. The summed E-state index contributed by atoms with van der Waals surface area (Å²) in [5.74, 6) is -1.47. The van der Waals surface area contributed by atoms with Gasteiger partial charge in [0.2, 0.25) is 0 Å². The molecule has 0 aliphatic heterocycles. The molecule has 0 bridgehead atoms. The number of rotatable bonds is 6. The molecule has 5 aromatic rings. The molecule has 0 aliphatic carbocycles. The van der Waals surface area contributed by atoms with Gasteiger partial charge in [0.15, 0.2) is 5.69 Å². The van der Waals surface area contributed by atoms with E-state index >= 15 is 0 Å². The van der Waals surface area contributed by atoms with Crippen molar-refractivity contribution in [2.24, 2.45) is 5.73 Å². The van der Waals surface area contributed by atoms with Crippen molar-refractivity contribution in [2.45, 2.75) is 13.5 Å². The fraction of sp³-hybridized carbons (Fsp3) is 0.0741. The fourth-order valence-corrected chi connectivity index (χ4v) is 4.12. The van der Waals surface area contributed by atoms with Gasteiger partial charge in [-0.15, -0.1) is 0 Å². The number of amides is 1. The van der Waals surface area contributed by atoms with Crippen LogP contribution in [-0.2, 0) is 6.54 Å². The van der Waals surface area contributed by atoms with Crippen LogP contribution >= 0.6 is 0 Å². The number of carbonyl (C=O) groups is 2. The Morgan fingerprint density at radius 1 is 0.912 bits per heavy atom. The highest BCUT2D eigenvalue weighted by molar-refractivity contribution is 5.91. The number of fused-ring (bicyclic) bond motifs is 1. The summed E-state index contributed by atoms with van der Waals surface area (Å²) in [6, 6.07) is 25.0. The Morgan fingerprint density at radius 2 is 1.59 bits per heavy atom. The van der Waals surface area contributed by atoms with Crippen molar-refractivity contribution >= 4 is 22.8 Å². The van der Waals surface area contributed by atoms with Crippen molar-refractivity contribution in [3.63, 3.8) is 0 Å². The molecule has 0 saturated carbocycles. The van der Waals surface area contributed by atoms with Gasteiger partial charge in [0.25, 0.3) is 5.91 Å². The Hall–Kier alpha value is -4.65. The maximum atomic E-state index is 11.4. The van der Waals surface area contributed by atoms with Crippen LogP contribution < -0.4 is 5.73 Å². The molecule has 0 atom stereocenters. The summed E-state index contributed by atoms with van der Waals surface area (Å²) < 4.78 is 3.90. The molecule has 7 nitrogen and oxygen atoms in total. The van der Waals surface area contributed by atoms with Gasteiger partial charge < -0.3 is 15.4 Å². The molecule has 2 heterocycles. The van der Waals surface area contributed by atoms with E-state index in [1.54, 1.807) is 22.9 Å². The number of aromatic carboxylic acids is 1. The van der Waals surface area contributed by atoms with Gasteiger partial charge in [0, 0.05) is 29.3 Å². The predicted octanol–water partition coefficient (Wildman–Crippen LogP) is 4.65. The third-order valence-electron chi connectivity index (χ3n) is 5.91. The Bertz CT molecular complexity index is 1530. The van der Waals surface area contributed by atoms with Crippen LogP contribution in [0.1, 0.15) is 32.1 Å². The van der Waals surface area contributed by atoms with E-state index in [-0.39, 0.29) is 11.3 Å². The lowest BCUT2D eigenvalue weighted by Gasteiger charge is -2.09. The van der Waals surface area contributed by atoms with Gasteiger partial charge in [-0.25, -0.2) is 9.48 Å². The lowest BCUT2D eigenvalue weighted by atomic mass is 10.0. The smallest absolute Gasteiger partial charge is 0.335 e. The molecule has 34 heavy (non-hydrogen) atoms. The molecule has 0 aliphatic rings. The minimum Gasteiger partial charge on any atom is -0.478 e. The summed E-state index contributed by atoms with van der Waals surface area (Å²) in [6.45, 7) is 2.60. The fourth-order valence-electron chi connectivity index (χ4n) is 4.12. The number of aryl methyl sites for hydroxylation is 1. The Labute approximate surface area is 195 Å². The number of carboxylic acids is 1. The summed E-state index contributed by atoms with van der Waals surface area (Å²) in [6.07, 6.45) is 2.05. The van der Waals surface area contributed by atoms with E-state index < -0.39 is 11.9 Å². The quantitative estimate of drug-likeness (QED) is 0.393. The van der Waals surface area contributed by atoms with Gasteiger partial charge in [0.05, 0.1) is 11.3 Å². The number of hydrogen-bond acceptors (Lipinski definition) is 3. The topological polar surface area (TPSA) is 103 Å². The highest BCUT2D eigenvalue weighted by atomic mass is 16.4. The zero-order chi connectivity index (χ0) is 23.8. The predicted molar refractivity (Wildman–Crippen MR) is 130 cm³/mol. The molecule has 0 fully saturated rings. The van der Waals surface area contributed by atoms with E-state index in [2.05, 4.69) is 34.1 Å². The average molecular weight is 450 g/mol. The number of carboxylic acid groups (broad SMARTS) is 1. The third-order valence-corrected chi connectivity index (χ3v) is 5.91. The van der Waals surface area contributed by atoms with Crippen LogP contribution in [-0.4, -0.2) is 31.3 Å². The first-order chi connectivity index (χ1) is 16.4. The molecule has 0 saturated heterocycles. The van der Waals surface area contributed by atoms with Crippen molar-refractivity contribution in [2.75, 3.05) is 0 Å². The van der Waals surface area contributed by atoms with E-state index in [0.29, 0.717) is 6.54 Å². The summed E-state index contributed by atoms with van der Waals surface area (Å²) >= 11 is 0. The van der Waals surface area contributed by atoms with E-state index in [0.717, 1.165) is 39.0 Å². The average Bonchev–Trinajstić information content (AvgIpc) is 3.43. The van der Waals surface area contributed by atoms with Crippen LogP contribution in [0.3, 0.4) is 0 Å². The van der Waals surface area contributed by atoms with Crippen LogP contribution in [0.5, 0.6) is 0 Å². The molecular weight excluding hydrogens is 428 g/mol. The molecule has 1 amide bonds. The molecular formula is C27H22N4O3. The van der Waals surface area contributed by atoms with Crippen LogP contribution in [0.4, 0.5) is 0 Å². The molecule has 0 spiro atoms. The van der Waals surface area contributed by atoms with Crippen LogP contribution in [0.2, 0.25) is 0 Å². The maximum Gasteiger partial charge on any atom is 0.335 e. The second kappa shape index (κ2) is 8.37. The van der Waals surface area contributed by atoms with Crippen molar-refractivity contribution < 1.29 is 14.7 Å². The van der Waals surface area contributed by atoms with Gasteiger partial charge >= 0.3 is 5.97 Å². The summed E-state index contributed by atoms with van der Waals surface area (Å²) in [4.78, 5) is 22.5. The first-order valence-electron chi connectivity index (χ1n) is 10.8. The van der Waals surface area contributed by atoms with Crippen molar-refractivity contribution in [3.05, 3.63) is 108 Å². The number of nitrogens with two attached hydrogens (primary N) is 1. The lowest BCUT2D eigenvalue weighted by molar-refractivity contribution is 0.0696. The monoisotopic (exact) mass is 450 g/mol. The number of primary amides is 1. The summed E-state index contributed by atoms with van der Waals surface area (Å²) in [5.41, 5.74) is 11.9. The van der Waals surface area contributed by atoms with Crippen molar-refractivity contribution in [3.8, 4) is 16.8 Å². The molecule has 3 N–H and O–H groups in total. The Balaban J connectivity index is 1.37. The van der Waals surface area contributed by atoms with Crippen molar-refractivity contribution in [1.29, 1.82) is 0 Å². The van der Waals surface area contributed by atoms with Gasteiger partial charge in [-0.1, -0.05) is 36.4 Å². The molecule has 2 aromatic heterocycles. The van der Waals surface area contributed by atoms with E-state index in [9.17, 15) is 9.59 Å². The van der Waals surface area contributed by atoms with E-state index in [1.807, 2.05) is 49.4 Å². The van der Waals surface area contributed by atoms with Gasteiger partial charge in [-0.3, -0.25) is 4.79 Å². The second-order valence-corrected chi connectivity index (χ2v) is 8.21. The summed E-state index contributed by atoms with van der Waals surface area (Å²) in [7, 11) is 0. The number of nitrogens with zero attached hydrogens (tertiary/aromatic N) is 3. The van der Waals surface area contributed by atoms with E-state index in [4.69, 9.17) is 10.8 Å². The number of carbonyl (C=O) groups excluding carboxylic acids is 1. The zero-order valence-electron chi connectivity index (χ0n) is 18.5. The maximum absolute atomic E-state index is 11.4. The number of benzene rings is 3. The SMILES string of the molecule is Cc1cc(C(N)=O)nn1-c1ccc2c(ccn2Cc2ccc(-c3ccc(C(=O)O)cc3)cc2)c1. The largest absolute Gasteiger partial charge is 0.478 e. The third kappa shape index (κ3) is 3.95. The molecule has 7 heteroatoms. The Morgan fingerprint density at radius 3 is 2.21 bits per heavy atom. The van der Waals surface area contributed by atoms with E-state index in [1.165, 1.54) is 0 Å². The lowest BCUT2D eigenvalue weighted by Crippen LogP contribution is -2.12. The highest BCUT2D eigenvalue weighted by Gasteiger charge is 2.12. The minimum atomic E-state index is -0.928. The number of hydrogen-bond donors (Lipinski definition) is 2. The molecule has 0 radical (unpaired) electrons. The van der Waals surface area contributed by atoms with Gasteiger partial charge in [-0.05, 0) is 66.1 Å². The van der Waals surface area contributed by atoms with Crippen LogP contribution in [0.25, 0.3) is 27.7 Å². The standard InChI is InChI=1S/C27H22N4O3/c1-17-14-24(26(28)32)29-31(17)23-10-11-25-22(15-23)12-13-30(25)16-18-2-4-19(5-3-18)20-6-8-21(9-7-20)27(33)34/h2-15H,16H2,1H3,(H2,28,32)(H,33,34). The molecule has 5 rings (SSSR count). The summed E-state index contributed by atoms with van der Waals surface area (Å²) in [5, 5.41) is 14.4. The number of aromatic nitrogens is 3. The van der Waals surface area contributed by atoms with Crippen LogP contribution in [0, 0.1) is 6.92 Å². The highest BCUT2D eigenvalue weighted by Crippen LogP contribution is 2.24.